The third-order valence-corrected chi connectivity index (χ3v) is 5.13. The summed E-state index contributed by atoms with van der Waals surface area (Å²) in [5, 5.41) is 11.8. The molecule has 0 saturated carbocycles. The molecular weight excluding hydrogens is 444 g/mol. The van der Waals surface area contributed by atoms with Crippen LogP contribution in [0.1, 0.15) is 21.9 Å². The molecule has 3 aromatic rings. The highest BCUT2D eigenvalue weighted by Crippen LogP contribution is 2.28. The molecular formula is C21H13ClN2O6S. The molecule has 4 rings (SSSR count). The molecule has 1 saturated heterocycles. The Morgan fingerprint density at radius 3 is 2.74 bits per heavy atom. The molecule has 0 bridgehead atoms. The summed E-state index contributed by atoms with van der Waals surface area (Å²) in [4.78, 5) is 37.7. The molecule has 0 radical (unpaired) electrons. The van der Waals surface area contributed by atoms with Crippen LogP contribution in [0.4, 0.5) is 0 Å². The second kappa shape index (κ2) is 8.21. The van der Waals surface area contributed by atoms with Crippen molar-refractivity contribution in [1.29, 1.82) is 0 Å². The zero-order valence-corrected chi connectivity index (χ0v) is 17.2. The molecule has 1 aliphatic rings. The van der Waals surface area contributed by atoms with Gasteiger partial charge in [-0.25, -0.2) is 4.79 Å². The van der Waals surface area contributed by atoms with Gasteiger partial charge in [-0.15, -0.1) is 0 Å². The number of aromatic carboxylic acids is 1. The Kier molecular flexibility index (Phi) is 5.45. The molecule has 1 aliphatic heterocycles. The zero-order chi connectivity index (χ0) is 22.1. The number of amides is 2. The summed E-state index contributed by atoms with van der Waals surface area (Å²) in [6.07, 6.45) is 2.77. The highest BCUT2D eigenvalue weighted by molar-refractivity contribution is 7.80. The van der Waals surface area contributed by atoms with Crippen molar-refractivity contribution in [3.63, 3.8) is 0 Å². The first kappa shape index (κ1) is 20.6. The number of nitrogens with zero attached hydrogens (tertiary/aromatic N) is 1. The maximum absolute atomic E-state index is 12.9. The summed E-state index contributed by atoms with van der Waals surface area (Å²) >= 11 is 11.0. The molecule has 0 unspecified atom stereocenters. The fourth-order valence-corrected chi connectivity index (χ4v) is 3.40. The standard InChI is InChI=1S/C21H13ClN2O6S/c22-16-5-3-11(8-14(16)20(27)28)17-6-4-12(30-17)9-15-18(25)23-21(31)24(19(15)26)10-13-2-1-7-29-13/h1-9H,10H2,(H,27,28)(H,23,25,31). The third kappa shape index (κ3) is 4.14. The van der Waals surface area contributed by atoms with E-state index in [1.165, 1.54) is 29.4 Å². The molecule has 156 valence electrons. The fourth-order valence-electron chi connectivity index (χ4n) is 2.97. The van der Waals surface area contributed by atoms with Crippen molar-refractivity contribution in [3.8, 4) is 11.3 Å². The summed E-state index contributed by atoms with van der Waals surface area (Å²) in [7, 11) is 0. The van der Waals surface area contributed by atoms with Crippen LogP contribution >= 0.6 is 23.8 Å². The first-order chi connectivity index (χ1) is 14.8. The fraction of sp³-hybridized carbons (Fsp3) is 0.0476. The van der Waals surface area contributed by atoms with Crippen LogP contribution in [0.5, 0.6) is 0 Å². The van der Waals surface area contributed by atoms with Crippen molar-refractivity contribution in [1.82, 2.24) is 10.2 Å². The number of carbonyl (C=O) groups excluding carboxylic acids is 2. The molecule has 1 fully saturated rings. The van der Waals surface area contributed by atoms with E-state index in [1.807, 2.05) is 0 Å². The van der Waals surface area contributed by atoms with E-state index in [9.17, 15) is 19.5 Å². The second-order valence-corrected chi connectivity index (χ2v) is 7.28. The molecule has 2 aromatic heterocycles. The van der Waals surface area contributed by atoms with Crippen molar-refractivity contribution < 1.29 is 28.3 Å². The Morgan fingerprint density at radius 1 is 1.23 bits per heavy atom. The maximum atomic E-state index is 12.9. The van der Waals surface area contributed by atoms with Gasteiger partial charge in [0.2, 0.25) is 0 Å². The van der Waals surface area contributed by atoms with Gasteiger partial charge in [-0.3, -0.25) is 19.8 Å². The second-order valence-electron chi connectivity index (χ2n) is 6.49. The Balaban J connectivity index is 1.62. The number of hydrogen-bond acceptors (Lipinski definition) is 6. The first-order valence-electron chi connectivity index (χ1n) is 8.88. The molecule has 31 heavy (non-hydrogen) atoms. The van der Waals surface area contributed by atoms with E-state index in [2.05, 4.69) is 5.32 Å². The molecule has 0 aliphatic carbocycles. The largest absolute Gasteiger partial charge is 0.478 e. The predicted octanol–water partition coefficient (Wildman–Crippen LogP) is 3.72. The monoisotopic (exact) mass is 456 g/mol. The summed E-state index contributed by atoms with van der Waals surface area (Å²) in [6.45, 7) is 0.0639. The van der Waals surface area contributed by atoms with E-state index in [0.29, 0.717) is 17.1 Å². The smallest absolute Gasteiger partial charge is 0.337 e. The van der Waals surface area contributed by atoms with Crippen LogP contribution < -0.4 is 5.32 Å². The molecule has 1 aromatic carbocycles. The van der Waals surface area contributed by atoms with Gasteiger partial charge in [-0.2, -0.15) is 0 Å². The lowest BCUT2D eigenvalue weighted by molar-refractivity contribution is -0.129. The van der Waals surface area contributed by atoms with Gasteiger partial charge in [0.05, 0.1) is 23.4 Å². The lowest BCUT2D eigenvalue weighted by Crippen LogP contribution is -2.53. The Bertz CT molecular complexity index is 1240. The van der Waals surface area contributed by atoms with E-state index in [-0.39, 0.29) is 33.6 Å². The van der Waals surface area contributed by atoms with Crippen LogP contribution in [0.15, 0.2) is 63.1 Å². The van der Waals surface area contributed by atoms with Crippen LogP contribution in [0.25, 0.3) is 17.4 Å². The van der Waals surface area contributed by atoms with E-state index in [0.717, 1.165) is 0 Å². The van der Waals surface area contributed by atoms with E-state index in [1.54, 1.807) is 30.3 Å². The van der Waals surface area contributed by atoms with Gasteiger partial charge in [0.1, 0.15) is 22.9 Å². The maximum Gasteiger partial charge on any atom is 0.337 e. The minimum Gasteiger partial charge on any atom is -0.478 e. The van der Waals surface area contributed by atoms with Crippen LogP contribution in [-0.2, 0) is 16.1 Å². The van der Waals surface area contributed by atoms with Gasteiger partial charge in [-0.05, 0) is 60.8 Å². The third-order valence-electron chi connectivity index (χ3n) is 4.47. The van der Waals surface area contributed by atoms with Crippen molar-refractivity contribution in [2.45, 2.75) is 6.54 Å². The molecule has 8 nitrogen and oxygen atoms in total. The Morgan fingerprint density at radius 2 is 2.03 bits per heavy atom. The van der Waals surface area contributed by atoms with Crippen molar-refractivity contribution >= 4 is 52.8 Å². The number of furan rings is 2. The molecule has 2 amide bonds. The number of halogens is 1. The number of benzene rings is 1. The quantitative estimate of drug-likeness (QED) is 0.341. The number of thiocarbonyl (C=S) groups is 1. The highest BCUT2D eigenvalue weighted by Gasteiger charge is 2.34. The van der Waals surface area contributed by atoms with Crippen LogP contribution in [0, 0.1) is 0 Å². The molecule has 0 spiro atoms. The molecule has 3 heterocycles. The highest BCUT2D eigenvalue weighted by atomic mass is 35.5. The first-order valence-corrected chi connectivity index (χ1v) is 9.66. The SMILES string of the molecule is O=C1NC(=S)N(Cc2ccco2)C(=O)C1=Cc1ccc(-c2ccc(Cl)c(C(=O)O)c2)o1. The summed E-state index contributed by atoms with van der Waals surface area (Å²) in [5.41, 5.74) is 0.245. The Labute approximate surface area is 185 Å². The average Bonchev–Trinajstić information content (AvgIpc) is 3.40. The average molecular weight is 457 g/mol. The summed E-state index contributed by atoms with van der Waals surface area (Å²) in [5.74, 6) is -1.34. The van der Waals surface area contributed by atoms with Crippen molar-refractivity contribution in [3.05, 3.63) is 76.4 Å². The number of hydrogen-bond donors (Lipinski definition) is 2. The van der Waals surface area contributed by atoms with Crippen molar-refractivity contribution in [2.75, 3.05) is 0 Å². The lowest BCUT2D eigenvalue weighted by Gasteiger charge is -2.27. The van der Waals surface area contributed by atoms with Gasteiger partial charge >= 0.3 is 5.97 Å². The van der Waals surface area contributed by atoms with Crippen LogP contribution in [0.3, 0.4) is 0 Å². The van der Waals surface area contributed by atoms with Crippen molar-refractivity contribution in [2.24, 2.45) is 0 Å². The zero-order valence-electron chi connectivity index (χ0n) is 15.6. The predicted molar refractivity (Wildman–Crippen MR) is 114 cm³/mol. The van der Waals surface area contributed by atoms with Gasteiger partial charge < -0.3 is 13.9 Å². The minimum atomic E-state index is -1.17. The van der Waals surface area contributed by atoms with E-state index >= 15 is 0 Å². The topological polar surface area (TPSA) is 113 Å². The number of nitrogens with one attached hydrogen (secondary N) is 1. The van der Waals surface area contributed by atoms with Gasteiger partial charge in [0, 0.05) is 5.56 Å². The van der Waals surface area contributed by atoms with Crippen LogP contribution in [0.2, 0.25) is 5.02 Å². The minimum absolute atomic E-state index is 0.0222. The van der Waals surface area contributed by atoms with Gasteiger partial charge in [0.25, 0.3) is 11.8 Å². The van der Waals surface area contributed by atoms with Gasteiger partial charge in [0.15, 0.2) is 5.11 Å². The van der Waals surface area contributed by atoms with Gasteiger partial charge in [-0.1, -0.05) is 11.6 Å². The lowest BCUT2D eigenvalue weighted by atomic mass is 10.1. The number of rotatable bonds is 5. The number of carboxylic acids is 1. The Hall–Kier alpha value is -3.69. The number of carboxylic acid groups (broad SMARTS) is 1. The van der Waals surface area contributed by atoms with Crippen LogP contribution in [-0.4, -0.2) is 32.9 Å². The van der Waals surface area contributed by atoms with E-state index < -0.39 is 17.8 Å². The molecule has 2 N–H and O–H groups in total. The normalized spacial score (nSPS) is 15.5. The number of carbonyl (C=O) groups is 3. The molecule has 0 atom stereocenters. The summed E-state index contributed by atoms with van der Waals surface area (Å²) < 4.78 is 10.9. The van der Waals surface area contributed by atoms with E-state index in [4.69, 9.17) is 32.7 Å². The summed E-state index contributed by atoms with van der Waals surface area (Å²) in [6, 6.07) is 11.0. The molecule has 10 heteroatoms.